The zero-order valence-electron chi connectivity index (χ0n) is 5.09. The molecule has 0 aliphatic carbocycles. The Kier molecular flexibility index (Phi) is 1.50. The highest BCUT2D eigenvalue weighted by atomic mass is 15.3. The van der Waals surface area contributed by atoms with E-state index in [1.54, 1.807) is 0 Å². The smallest absolute Gasteiger partial charge is 0.0666 e. The molecule has 0 unspecified atom stereocenters. The maximum Gasteiger partial charge on any atom is 0.0666 e. The summed E-state index contributed by atoms with van der Waals surface area (Å²) in [5, 5.41) is 8.33. The van der Waals surface area contributed by atoms with Gasteiger partial charge in [0, 0.05) is 19.6 Å². The minimum Gasteiger partial charge on any atom is -0.300 e. The molecule has 2 nitrogen and oxygen atoms in total. The Morgan fingerprint density at radius 3 is 2.75 bits per heavy atom. The molecule has 1 rings (SSSR count). The van der Waals surface area contributed by atoms with Crippen LogP contribution in [-0.4, -0.2) is 24.5 Å². The molecule has 0 N–H and O–H groups in total. The molecular weight excluding hydrogens is 100 g/mol. The molecule has 1 atom stereocenters. The summed E-state index contributed by atoms with van der Waals surface area (Å²) >= 11 is 0. The van der Waals surface area contributed by atoms with Gasteiger partial charge in [0.05, 0.1) is 12.0 Å². The van der Waals surface area contributed by atoms with Gasteiger partial charge in [-0.1, -0.05) is 0 Å². The Bertz CT molecular complexity index is 110. The molecule has 2 heteroatoms. The number of nitriles is 1. The summed E-state index contributed by atoms with van der Waals surface area (Å²) in [5.74, 6) is 0.220. The van der Waals surface area contributed by atoms with E-state index < -0.39 is 0 Å². The minimum atomic E-state index is 0.220. The second-order valence-corrected chi connectivity index (χ2v) is 2.33. The molecule has 1 aliphatic rings. The van der Waals surface area contributed by atoms with Gasteiger partial charge >= 0.3 is 0 Å². The lowest BCUT2D eigenvalue weighted by Crippen LogP contribution is -2.07. The molecule has 44 valence electrons. The van der Waals surface area contributed by atoms with Gasteiger partial charge in [-0.05, 0) is 6.92 Å². The predicted octanol–water partition coefficient (Wildman–Crippen LogP) is 0.462. The van der Waals surface area contributed by atoms with Crippen LogP contribution in [0.4, 0.5) is 0 Å². The fraction of sp³-hybridized carbons (Fsp3) is 0.833. The van der Waals surface area contributed by atoms with E-state index in [2.05, 4.69) is 11.0 Å². The number of rotatable bonds is 2. The number of hydrogen-bond donors (Lipinski definition) is 0. The summed E-state index contributed by atoms with van der Waals surface area (Å²) in [4.78, 5) is 2.26. The summed E-state index contributed by atoms with van der Waals surface area (Å²) in [6.07, 6.45) is 0. The topological polar surface area (TPSA) is 26.8 Å². The Balaban J connectivity index is 2.09. The molecule has 1 fully saturated rings. The third kappa shape index (κ3) is 1.51. The van der Waals surface area contributed by atoms with Crippen LogP contribution in [0.3, 0.4) is 0 Å². The van der Waals surface area contributed by atoms with Crippen molar-refractivity contribution in [2.75, 3.05) is 19.6 Å². The van der Waals surface area contributed by atoms with Gasteiger partial charge in [0.15, 0.2) is 0 Å². The maximum absolute atomic E-state index is 8.33. The van der Waals surface area contributed by atoms with E-state index in [0.717, 1.165) is 6.54 Å². The largest absolute Gasteiger partial charge is 0.300 e. The SMILES string of the molecule is C[C@H](C#N)CN1CC1. The number of nitrogens with zero attached hydrogens (tertiary/aromatic N) is 2. The standard InChI is InChI=1S/C6H10N2/c1-6(4-7)5-8-2-3-8/h6H,2-3,5H2,1H3/t6-/m1/s1. The Morgan fingerprint density at radius 1 is 1.75 bits per heavy atom. The lowest BCUT2D eigenvalue weighted by molar-refractivity contribution is 0.495. The van der Waals surface area contributed by atoms with Crippen molar-refractivity contribution in [3.8, 4) is 6.07 Å². The van der Waals surface area contributed by atoms with Crippen molar-refractivity contribution < 1.29 is 0 Å². The normalized spacial score (nSPS) is 22.0. The maximum atomic E-state index is 8.33. The highest BCUT2D eigenvalue weighted by molar-refractivity contribution is 4.85. The monoisotopic (exact) mass is 110 g/mol. The average molecular weight is 110 g/mol. The molecule has 1 heterocycles. The summed E-state index contributed by atoms with van der Waals surface area (Å²) < 4.78 is 0. The number of hydrogen-bond acceptors (Lipinski definition) is 2. The average Bonchev–Trinajstić information content (AvgIpc) is 2.50. The second kappa shape index (κ2) is 2.15. The third-order valence-corrected chi connectivity index (χ3v) is 1.29. The van der Waals surface area contributed by atoms with E-state index in [4.69, 9.17) is 5.26 Å². The van der Waals surface area contributed by atoms with Gasteiger partial charge in [-0.25, -0.2) is 0 Å². The van der Waals surface area contributed by atoms with Crippen molar-refractivity contribution in [1.82, 2.24) is 4.90 Å². The molecule has 0 aromatic heterocycles. The van der Waals surface area contributed by atoms with Crippen LogP contribution >= 0.6 is 0 Å². The predicted molar refractivity (Wildman–Crippen MR) is 31.2 cm³/mol. The van der Waals surface area contributed by atoms with Gasteiger partial charge in [-0.2, -0.15) is 5.26 Å². The highest BCUT2D eigenvalue weighted by Gasteiger charge is 2.18. The van der Waals surface area contributed by atoms with Crippen molar-refractivity contribution in [3.05, 3.63) is 0 Å². The van der Waals surface area contributed by atoms with Crippen LogP contribution < -0.4 is 0 Å². The van der Waals surface area contributed by atoms with Crippen molar-refractivity contribution in [2.45, 2.75) is 6.92 Å². The fourth-order valence-corrected chi connectivity index (χ4v) is 0.681. The van der Waals surface area contributed by atoms with E-state index in [9.17, 15) is 0 Å². The van der Waals surface area contributed by atoms with Crippen LogP contribution in [0.25, 0.3) is 0 Å². The third-order valence-electron chi connectivity index (χ3n) is 1.29. The van der Waals surface area contributed by atoms with E-state index >= 15 is 0 Å². The van der Waals surface area contributed by atoms with E-state index in [0.29, 0.717) is 0 Å². The zero-order valence-corrected chi connectivity index (χ0v) is 5.09. The first-order valence-electron chi connectivity index (χ1n) is 2.95. The molecule has 1 aliphatic heterocycles. The zero-order chi connectivity index (χ0) is 5.98. The summed E-state index contributed by atoms with van der Waals surface area (Å²) in [5.41, 5.74) is 0. The van der Waals surface area contributed by atoms with Crippen LogP contribution in [0.5, 0.6) is 0 Å². The van der Waals surface area contributed by atoms with Gasteiger partial charge < -0.3 is 0 Å². The molecule has 8 heavy (non-hydrogen) atoms. The summed E-state index contributed by atoms with van der Waals surface area (Å²) in [6, 6.07) is 2.19. The molecule has 0 amide bonds. The van der Waals surface area contributed by atoms with Crippen LogP contribution in [-0.2, 0) is 0 Å². The quantitative estimate of drug-likeness (QED) is 0.483. The van der Waals surface area contributed by atoms with Gasteiger partial charge in [0.1, 0.15) is 0 Å². The van der Waals surface area contributed by atoms with Gasteiger partial charge in [-0.3, -0.25) is 4.90 Å². The first-order chi connectivity index (χ1) is 3.83. The molecule has 0 aromatic carbocycles. The minimum absolute atomic E-state index is 0.220. The Labute approximate surface area is 49.7 Å². The van der Waals surface area contributed by atoms with E-state index in [-0.39, 0.29) is 5.92 Å². The molecule has 0 spiro atoms. The van der Waals surface area contributed by atoms with Crippen LogP contribution in [0, 0.1) is 17.2 Å². The van der Waals surface area contributed by atoms with Gasteiger partial charge in [-0.15, -0.1) is 0 Å². The van der Waals surface area contributed by atoms with Crippen LogP contribution in [0.1, 0.15) is 6.92 Å². The Morgan fingerprint density at radius 2 is 2.38 bits per heavy atom. The van der Waals surface area contributed by atoms with Gasteiger partial charge in [0.2, 0.25) is 0 Å². The molecular formula is C6H10N2. The van der Waals surface area contributed by atoms with E-state index in [1.165, 1.54) is 13.1 Å². The molecule has 0 aromatic rings. The lowest BCUT2D eigenvalue weighted by Gasteiger charge is -1.98. The van der Waals surface area contributed by atoms with E-state index in [1.807, 2.05) is 6.92 Å². The fourth-order valence-electron chi connectivity index (χ4n) is 0.681. The van der Waals surface area contributed by atoms with Crippen molar-refractivity contribution in [1.29, 1.82) is 5.26 Å². The first-order valence-corrected chi connectivity index (χ1v) is 2.95. The second-order valence-electron chi connectivity index (χ2n) is 2.33. The lowest BCUT2D eigenvalue weighted by atomic mass is 10.2. The van der Waals surface area contributed by atoms with Gasteiger partial charge in [0.25, 0.3) is 0 Å². The van der Waals surface area contributed by atoms with Crippen molar-refractivity contribution in [3.63, 3.8) is 0 Å². The summed E-state index contributed by atoms with van der Waals surface area (Å²) in [7, 11) is 0. The van der Waals surface area contributed by atoms with Crippen LogP contribution in [0.15, 0.2) is 0 Å². The molecule has 0 bridgehead atoms. The molecule has 1 saturated heterocycles. The first kappa shape index (κ1) is 5.58. The van der Waals surface area contributed by atoms with Crippen molar-refractivity contribution in [2.24, 2.45) is 5.92 Å². The van der Waals surface area contributed by atoms with Crippen LogP contribution in [0.2, 0.25) is 0 Å². The molecule has 0 radical (unpaired) electrons. The molecule has 0 saturated carbocycles. The Hall–Kier alpha value is -0.550. The summed E-state index contributed by atoms with van der Waals surface area (Å²) in [6.45, 7) is 5.33. The van der Waals surface area contributed by atoms with Crippen molar-refractivity contribution >= 4 is 0 Å². The highest BCUT2D eigenvalue weighted by Crippen LogP contribution is 2.06.